The summed E-state index contributed by atoms with van der Waals surface area (Å²) in [7, 11) is 0. The second-order valence-electron chi connectivity index (χ2n) is 6.75. The highest BCUT2D eigenvalue weighted by molar-refractivity contribution is 7.09. The molecule has 19 heavy (non-hydrogen) atoms. The highest BCUT2D eigenvalue weighted by Gasteiger charge is 2.24. The van der Waals surface area contributed by atoms with Crippen molar-refractivity contribution in [3.8, 4) is 0 Å². The normalized spacial score (nSPS) is 23.5. The van der Waals surface area contributed by atoms with E-state index in [9.17, 15) is 5.11 Å². The Labute approximate surface area is 120 Å². The first-order valence-electron chi connectivity index (χ1n) is 7.21. The summed E-state index contributed by atoms with van der Waals surface area (Å²) in [6.45, 7) is 11.6. The van der Waals surface area contributed by atoms with E-state index >= 15 is 0 Å². The van der Waals surface area contributed by atoms with E-state index in [1.165, 1.54) is 17.1 Å². The van der Waals surface area contributed by atoms with E-state index in [0.29, 0.717) is 5.92 Å². The van der Waals surface area contributed by atoms with Gasteiger partial charge < -0.3 is 5.11 Å². The Hall–Kier alpha value is -0.450. The van der Waals surface area contributed by atoms with Crippen molar-refractivity contribution in [2.24, 2.45) is 5.92 Å². The number of nitrogens with zero attached hydrogens (tertiary/aromatic N) is 2. The monoisotopic (exact) mass is 282 g/mol. The maximum absolute atomic E-state index is 9.73. The molecule has 0 saturated carbocycles. The number of aliphatic hydroxyl groups excluding tert-OH is 1. The summed E-state index contributed by atoms with van der Waals surface area (Å²) in [5, 5.41) is 13.1. The summed E-state index contributed by atoms with van der Waals surface area (Å²) in [6.07, 6.45) is 2.15. The van der Waals surface area contributed by atoms with Gasteiger partial charge in [-0.2, -0.15) is 0 Å². The number of aliphatic hydroxyl groups is 1. The Balaban J connectivity index is 1.95. The summed E-state index contributed by atoms with van der Waals surface area (Å²) in [5.74, 6) is 0.427. The first-order valence-corrected chi connectivity index (χ1v) is 8.09. The van der Waals surface area contributed by atoms with Crippen molar-refractivity contribution in [3.05, 3.63) is 16.1 Å². The minimum Gasteiger partial charge on any atom is -0.393 e. The number of rotatable bonds is 3. The third-order valence-electron chi connectivity index (χ3n) is 3.90. The van der Waals surface area contributed by atoms with Crippen LogP contribution in [-0.2, 0) is 12.0 Å². The molecule has 0 spiro atoms. The Bertz CT molecular complexity index is 409. The fourth-order valence-electron chi connectivity index (χ4n) is 2.55. The molecule has 0 bridgehead atoms. The average molecular weight is 282 g/mol. The third kappa shape index (κ3) is 4.01. The van der Waals surface area contributed by atoms with Gasteiger partial charge >= 0.3 is 0 Å². The number of aromatic nitrogens is 1. The summed E-state index contributed by atoms with van der Waals surface area (Å²) in [6, 6.07) is 0. The molecule has 0 radical (unpaired) electrons. The van der Waals surface area contributed by atoms with E-state index < -0.39 is 0 Å². The van der Waals surface area contributed by atoms with Crippen LogP contribution in [0.5, 0.6) is 0 Å². The van der Waals surface area contributed by atoms with Crippen molar-refractivity contribution in [3.63, 3.8) is 0 Å². The minimum atomic E-state index is -0.191. The zero-order chi connectivity index (χ0) is 14.0. The van der Waals surface area contributed by atoms with Crippen LogP contribution >= 0.6 is 11.3 Å². The molecule has 2 unspecified atom stereocenters. The molecule has 2 heterocycles. The molecule has 1 N–H and O–H groups in total. The number of hydrogen-bond donors (Lipinski definition) is 1. The predicted molar refractivity (Wildman–Crippen MR) is 80.5 cm³/mol. The van der Waals surface area contributed by atoms with Crippen LogP contribution in [0.4, 0.5) is 0 Å². The lowest BCUT2D eigenvalue weighted by molar-refractivity contribution is 0.0598. The molecule has 108 valence electrons. The molecule has 0 aromatic carbocycles. The molecule has 1 aliphatic rings. The zero-order valence-corrected chi connectivity index (χ0v) is 13.3. The van der Waals surface area contributed by atoms with Gasteiger partial charge in [0.1, 0.15) is 5.01 Å². The van der Waals surface area contributed by atoms with Gasteiger partial charge in [-0.1, -0.05) is 20.8 Å². The van der Waals surface area contributed by atoms with Gasteiger partial charge in [0.15, 0.2) is 0 Å². The van der Waals surface area contributed by atoms with Crippen LogP contribution in [-0.4, -0.2) is 34.2 Å². The summed E-state index contributed by atoms with van der Waals surface area (Å²) < 4.78 is 0. The van der Waals surface area contributed by atoms with E-state index in [-0.39, 0.29) is 11.5 Å². The van der Waals surface area contributed by atoms with Crippen molar-refractivity contribution in [2.75, 3.05) is 13.1 Å². The average Bonchev–Trinajstić information content (AvgIpc) is 2.77. The largest absolute Gasteiger partial charge is 0.393 e. The van der Waals surface area contributed by atoms with Gasteiger partial charge in [-0.15, -0.1) is 11.3 Å². The van der Waals surface area contributed by atoms with Crippen LogP contribution in [0.3, 0.4) is 0 Å². The molecule has 1 aliphatic heterocycles. The quantitative estimate of drug-likeness (QED) is 0.926. The van der Waals surface area contributed by atoms with E-state index in [0.717, 1.165) is 26.1 Å². The number of thiazole rings is 1. The van der Waals surface area contributed by atoms with Gasteiger partial charge in [-0.3, -0.25) is 4.90 Å². The molecule has 1 aromatic heterocycles. The van der Waals surface area contributed by atoms with Gasteiger partial charge in [-0.25, -0.2) is 4.98 Å². The molecule has 4 heteroatoms. The van der Waals surface area contributed by atoms with Crippen LogP contribution < -0.4 is 0 Å². The number of piperidine rings is 1. The van der Waals surface area contributed by atoms with E-state index in [1.54, 1.807) is 11.3 Å². The molecule has 2 rings (SSSR count). The van der Waals surface area contributed by atoms with Gasteiger partial charge in [0.05, 0.1) is 18.3 Å². The molecule has 3 nitrogen and oxygen atoms in total. The number of hydrogen-bond acceptors (Lipinski definition) is 4. The van der Waals surface area contributed by atoms with Gasteiger partial charge in [0, 0.05) is 17.3 Å². The maximum atomic E-state index is 9.73. The molecule has 0 amide bonds. The zero-order valence-electron chi connectivity index (χ0n) is 12.5. The fraction of sp³-hybridized carbons (Fsp3) is 0.800. The second kappa shape index (κ2) is 5.90. The lowest BCUT2D eigenvalue weighted by Gasteiger charge is -2.33. The lowest BCUT2D eigenvalue weighted by Crippen LogP contribution is -2.39. The Morgan fingerprint density at radius 2 is 2.26 bits per heavy atom. The van der Waals surface area contributed by atoms with Crippen LogP contribution in [0.2, 0.25) is 0 Å². The molecule has 0 aliphatic carbocycles. The van der Waals surface area contributed by atoms with Crippen LogP contribution in [0.25, 0.3) is 0 Å². The maximum Gasteiger partial charge on any atom is 0.107 e. The van der Waals surface area contributed by atoms with Gasteiger partial charge in [0.2, 0.25) is 0 Å². The Morgan fingerprint density at radius 1 is 1.53 bits per heavy atom. The predicted octanol–water partition coefficient (Wildman–Crippen LogP) is 3.03. The van der Waals surface area contributed by atoms with Gasteiger partial charge in [0.25, 0.3) is 0 Å². The lowest BCUT2D eigenvalue weighted by atomic mass is 9.93. The van der Waals surface area contributed by atoms with Crippen molar-refractivity contribution in [1.82, 2.24) is 9.88 Å². The van der Waals surface area contributed by atoms with Crippen molar-refractivity contribution >= 4 is 11.3 Å². The molecule has 2 atom stereocenters. The van der Waals surface area contributed by atoms with Crippen molar-refractivity contribution < 1.29 is 5.11 Å². The first-order chi connectivity index (χ1) is 8.86. The molecule has 1 fully saturated rings. The highest BCUT2D eigenvalue weighted by atomic mass is 32.1. The van der Waals surface area contributed by atoms with Gasteiger partial charge in [-0.05, 0) is 32.2 Å². The smallest absolute Gasteiger partial charge is 0.107 e. The second-order valence-corrected chi connectivity index (χ2v) is 7.70. The summed E-state index contributed by atoms with van der Waals surface area (Å²) in [4.78, 5) is 7.20. The molecule has 1 saturated heterocycles. The molecular formula is C15H26N2OS. The van der Waals surface area contributed by atoms with E-state index in [2.05, 4.69) is 31.1 Å². The highest BCUT2D eigenvalue weighted by Crippen LogP contribution is 2.26. The molecular weight excluding hydrogens is 256 g/mol. The van der Waals surface area contributed by atoms with Crippen molar-refractivity contribution in [1.29, 1.82) is 0 Å². The SMILES string of the molecule is CC(O)C1CCCN(Cc2nc(C(C)(C)C)cs2)C1. The van der Waals surface area contributed by atoms with Crippen LogP contribution in [0, 0.1) is 5.92 Å². The Morgan fingerprint density at radius 3 is 2.84 bits per heavy atom. The summed E-state index contributed by atoms with van der Waals surface area (Å²) in [5.41, 5.74) is 1.33. The first kappa shape index (κ1) is 14.9. The topological polar surface area (TPSA) is 36.4 Å². The van der Waals surface area contributed by atoms with Crippen LogP contribution in [0.1, 0.15) is 51.2 Å². The minimum absolute atomic E-state index is 0.138. The number of likely N-dealkylation sites (tertiary alicyclic amines) is 1. The molecule has 1 aromatic rings. The van der Waals surface area contributed by atoms with Crippen LogP contribution in [0.15, 0.2) is 5.38 Å². The Kier molecular flexibility index (Phi) is 4.64. The van der Waals surface area contributed by atoms with E-state index in [4.69, 9.17) is 4.98 Å². The van der Waals surface area contributed by atoms with Crippen molar-refractivity contribution in [2.45, 2.75) is 58.6 Å². The standard InChI is InChI=1S/C15H26N2OS/c1-11(18)12-6-5-7-17(8-12)9-14-16-13(10-19-14)15(2,3)4/h10-12,18H,5-9H2,1-4H3. The summed E-state index contributed by atoms with van der Waals surface area (Å²) >= 11 is 1.76. The fourth-order valence-corrected chi connectivity index (χ4v) is 3.61. The van der Waals surface area contributed by atoms with E-state index in [1.807, 2.05) is 6.92 Å². The third-order valence-corrected chi connectivity index (χ3v) is 4.74.